The van der Waals surface area contributed by atoms with Crippen molar-refractivity contribution < 1.29 is 4.74 Å². The fourth-order valence-electron chi connectivity index (χ4n) is 5.76. The first-order chi connectivity index (χ1) is 10.6. The fraction of sp³-hybridized carbons (Fsp3) is 0.429. The highest BCUT2D eigenvalue weighted by atomic mass is 16.6. The predicted molar refractivity (Wildman–Crippen MR) is 87.6 cm³/mol. The van der Waals surface area contributed by atoms with Crippen molar-refractivity contribution in [2.45, 2.75) is 43.3 Å². The Morgan fingerprint density at radius 1 is 0.773 bits per heavy atom. The average molecular weight is 290 g/mol. The van der Waals surface area contributed by atoms with Crippen LogP contribution in [0.5, 0.6) is 0 Å². The van der Waals surface area contributed by atoms with Crippen LogP contribution < -0.4 is 0 Å². The van der Waals surface area contributed by atoms with Crippen molar-refractivity contribution in [1.82, 2.24) is 0 Å². The molecule has 0 radical (unpaired) electrons. The molecule has 0 unspecified atom stereocenters. The van der Waals surface area contributed by atoms with E-state index in [0.717, 1.165) is 5.92 Å². The maximum Gasteiger partial charge on any atom is 0.127 e. The van der Waals surface area contributed by atoms with Gasteiger partial charge in [-0.3, -0.25) is 0 Å². The lowest BCUT2D eigenvalue weighted by atomic mass is 9.60. The number of hydrogen-bond acceptors (Lipinski definition) is 1. The Balaban J connectivity index is 1.70. The maximum absolute atomic E-state index is 6.62. The van der Waals surface area contributed by atoms with E-state index in [2.05, 4.69) is 74.5 Å². The number of benzene rings is 2. The molecule has 3 aliphatic rings. The van der Waals surface area contributed by atoms with E-state index >= 15 is 0 Å². The van der Waals surface area contributed by atoms with Gasteiger partial charge in [-0.15, -0.1) is 0 Å². The minimum absolute atomic E-state index is 0.0538. The summed E-state index contributed by atoms with van der Waals surface area (Å²) >= 11 is 0. The van der Waals surface area contributed by atoms with Crippen LogP contribution in [0.1, 0.15) is 37.8 Å². The topological polar surface area (TPSA) is 12.5 Å². The summed E-state index contributed by atoms with van der Waals surface area (Å²) in [6, 6.07) is 22.0. The highest BCUT2D eigenvalue weighted by Gasteiger charge is 2.87. The van der Waals surface area contributed by atoms with Crippen LogP contribution in [0, 0.1) is 11.8 Å². The Morgan fingerprint density at radius 3 is 1.86 bits per heavy atom. The van der Waals surface area contributed by atoms with E-state index in [0.29, 0.717) is 5.92 Å². The zero-order chi connectivity index (χ0) is 15.0. The average Bonchev–Trinajstić information content (AvgIpc) is 3.13. The zero-order valence-corrected chi connectivity index (χ0v) is 13.3. The lowest BCUT2D eigenvalue weighted by Gasteiger charge is -2.46. The summed E-state index contributed by atoms with van der Waals surface area (Å²) in [5.41, 5.74) is 2.82. The van der Waals surface area contributed by atoms with Gasteiger partial charge in [0, 0.05) is 5.41 Å². The van der Waals surface area contributed by atoms with Gasteiger partial charge in [0.05, 0.1) is 0 Å². The second kappa shape index (κ2) is 3.83. The molecule has 0 N–H and O–H groups in total. The van der Waals surface area contributed by atoms with Gasteiger partial charge >= 0.3 is 0 Å². The van der Waals surface area contributed by atoms with Gasteiger partial charge in [0.25, 0.3) is 0 Å². The summed E-state index contributed by atoms with van der Waals surface area (Å²) in [5, 5.41) is 0. The summed E-state index contributed by atoms with van der Waals surface area (Å²) in [5.74, 6) is 1.42. The van der Waals surface area contributed by atoms with Gasteiger partial charge in [0.15, 0.2) is 0 Å². The minimum Gasteiger partial charge on any atom is -0.356 e. The third kappa shape index (κ3) is 1.16. The molecule has 2 aliphatic carbocycles. The molecule has 2 aromatic rings. The van der Waals surface area contributed by atoms with Gasteiger partial charge < -0.3 is 4.74 Å². The van der Waals surface area contributed by atoms with Crippen molar-refractivity contribution in [3.8, 4) is 0 Å². The van der Waals surface area contributed by atoms with E-state index in [-0.39, 0.29) is 16.6 Å². The van der Waals surface area contributed by atoms with Crippen LogP contribution in [0.4, 0.5) is 0 Å². The van der Waals surface area contributed by atoms with Crippen LogP contribution in [0.3, 0.4) is 0 Å². The molecular formula is C21H22O. The molecule has 1 saturated heterocycles. The fourth-order valence-corrected chi connectivity index (χ4v) is 5.76. The van der Waals surface area contributed by atoms with Crippen LogP contribution >= 0.6 is 0 Å². The molecule has 0 spiro atoms. The van der Waals surface area contributed by atoms with E-state index in [1.807, 2.05) is 0 Å². The van der Waals surface area contributed by atoms with Crippen molar-refractivity contribution in [3.05, 3.63) is 71.8 Å². The van der Waals surface area contributed by atoms with Gasteiger partial charge in [-0.25, -0.2) is 0 Å². The van der Waals surface area contributed by atoms with Gasteiger partial charge in [0.1, 0.15) is 11.2 Å². The third-order valence-corrected chi connectivity index (χ3v) is 7.14. The van der Waals surface area contributed by atoms with Crippen LogP contribution in [-0.4, -0.2) is 5.60 Å². The quantitative estimate of drug-likeness (QED) is 0.732. The highest BCUT2D eigenvalue weighted by Crippen LogP contribution is 2.81. The Labute approximate surface area is 132 Å². The van der Waals surface area contributed by atoms with Crippen molar-refractivity contribution in [2.75, 3.05) is 0 Å². The van der Waals surface area contributed by atoms with Crippen LogP contribution in [-0.2, 0) is 15.8 Å². The Kier molecular flexibility index (Phi) is 2.25. The second-order valence-corrected chi connectivity index (χ2v) is 7.60. The summed E-state index contributed by atoms with van der Waals surface area (Å²) in [6.45, 7) is 4.79. The minimum atomic E-state index is -0.0749. The molecule has 5 rings (SSSR count). The number of ether oxygens (including phenoxy) is 1. The molecule has 0 aromatic heterocycles. The molecule has 3 fully saturated rings. The normalized spacial score (nSPS) is 44.8. The van der Waals surface area contributed by atoms with E-state index in [9.17, 15) is 0 Å². The van der Waals surface area contributed by atoms with Crippen molar-refractivity contribution in [1.29, 1.82) is 0 Å². The molecule has 1 heteroatoms. The van der Waals surface area contributed by atoms with Gasteiger partial charge in [0.2, 0.25) is 0 Å². The standard InChI is InChI=1S/C21H22O/c1-19(15-9-5-3-6-10-15)17-13-14-18(17)21(20(19,2)22-21)16-11-7-4-8-12-16/h3-12,17-18H,13-14H2,1-2H3/t17-,18+,19+,20+,21+/m0/s1. The van der Waals surface area contributed by atoms with Gasteiger partial charge in [-0.05, 0) is 42.7 Å². The van der Waals surface area contributed by atoms with Crippen molar-refractivity contribution in [3.63, 3.8) is 0 Å². The molecule has 2 aromatic carbocycles. The Hall–Kier alpha value is -1.60. The highest BCUT2D eigenvalue weighted by molar-refractivity contribution is 5.50. The van der Waals surface area contributed by atoms with Crippen LogP contribution in [0.15, 0.2) is 60.7 Å². The monoisotopic (exact) mass is 290 g/mol. The van der Waals surface area contributed by atoms with Crippen molar-refractivity contribution >= 4 is 0 Å². The van der Waals surface area contributed by atoms with Gasteiger partial charge in [-0.2, -0.15) is 0 Å². The molecule has 2 saturated carbocycles. The Bertz CT molecular complexity index is 720. The van der Waals surface area contributed by atoms with E-state index in [1.165, 1.54) is 24.0 Å². The van der Waals surface area contributed by atoms with Crippen LogP contribution in [0.2, 0.25) is 0 Å². The molecule has 0 bridgehead atoms. The first-order valence-corrected chi connectivity index (χ1v) is 8.46. The molecule has 22 heavy (non-hydrogen) atoms. The largest absolute Gasteiger partial charge is 0.356 e. The lowest BCUT2D eigenvalue weighted by Crippen LogP contribution is -2.45. The van der Waals surface area contributed by atoms with Crippen molar-refractivity contribution in [2.24, 2.45) is 11.8 Å². The zero-order valence-electron chi connectivity index (χ0n) is 13.3. The molecular weight excluding hydrogens is 268 g/mol. The first kappa shape index (κ1) is 12.9. The lowest BCUT2D eigenvalue weighted by molar-refractivity contribution is -0.00318. The first-order valence-electron chi connectivity index (χ1n) is 8.46. The smallest absolute Gasteiger partial charge is 0.127 e. The predicted octanol–water partition coefficient (Wildman–Crippen LogP) is 4.67. The molecule has 1 nitrogen and oxygen atoms in total. The summed E-state index contributed by atoms with van der Waals surface area (Å²) in [7, 11) is 0. The Morgan fingerprint density at radius 2 is 1.32 bits per heavy atom. The summed E-state index contributed by atoms with van der Waals surface area (Å²) < 4.78 is 6.62. The van der Waals surface area contributed by atoms with Gasteiger partial charge in [-0.1, -0.05) is 67.6 Å². The number of epoxide rings is 1. The molecule has 5 atom stereocenters. The number of hydrogen-bond donors (Lipinski definition) is 0. The molecule has 112 valence electrons. The van der Waals surface area contributed by atoms with E-state index in [1.54, 1.807) is 0 Å². The van der Waals surface area contributed by atoms with Crippen LogP contribution in [0.25, 0.3) is 0 Å². The third-order valence-electron chi connectivity index (χ3n) is 7.14. The SMILES string of the molecule is C[C@]12O[C@]1(c1ccccc1)[C@@H]1CC[C@@H]1[C@@]2(C)c1ccccc1. The van der Waals surface area contributed by atoms with E-state index in [4.69, 9.17) is 4.74 Å². The van der Waals surface area contributed by atoms with E-state index < -0.39 is 0 Å². The molecule has 1 aliphatic heterocycles. The number of rotatable bonds is 2. The molecule has 1 heterocycles. The summed E-state index contributed by atoms with van der Waals surface area (Å²) in [6.07, 6.45) is 2.64. The second-order valence-electron chi connectivity index (χ2n) is 7.60. The summed E-state index contributed by atoms with van der Waals surface area (Å²) in [4.78, 5) is 0. The number of fused-ring (bicyclic) bond motifs is 3. The molecule has 0 amide bonds. The maximum atomic E-state index is 6.62.